The van der Waals surface area contributed by atoms with E-state index in [0.29, 0.717) is 0 Å². The molecule has 13 rings (SSSR count). The molecule has 4 nitrogen and oxygen atoms in total. The molecule has 0 fully saturated rings. The number of aromatic nitrogens is 2. The van der Waals surface area contributed by atoms with Gasteiger partial charge in [0.2, 0.25) is 0 Å². The van der Waals surface area contributed by atoms with Crippen molar-refractivity contribution in [3.05, 3.63) is 194 Å². The van der Waals surface area contributed by atoms with Gasteiger partial charge < -0.3 is 18.0 Å². The van der Waals surface area contributed by atoms with Crippen LogP contribution in [0, 0.1) is 0 Å². The van der Waals surface area contributed by atoms with Crippen molar-refractivity contribution < 1.29 is 8.83 Å². The molecule has 0 N–H and O–H groups in total. The van der Waals surface area contributed by atoms with Gasteiger partial charge in [0.05, 0.1) is 27.6 Å². The summed E-state index contributed by atoms with van der Waals surface area (Å²) in [4.78, 5) is 0. The Labute approximate surface area is 332 Å². The van der Waals surface area contributed by atoms with E-state index < -0.39 is 0 Å². The molecule has 4 heterocycles. The van der Waals surface area contributed by atoms with Crippen LogP contribution in [0.3, 0.4) is 0 Å². The highest BCUT2D eigenvalue weighted by atomic mass is 16.3. The van der Waals surface area contributed by atoms with Gasteiger partial charge in [-0.05, 0) is 95.6 Å². The molecule has 0 spiro atoms. The normalized spacial score (nSPS) is 12.1. The van der Waals surface area contributed by atoms with E-state index in [1.165, 1.54) is 54.7 Å². The van der Waals surface area contributed by atoms with E-state index in [1.54, 1.807) is 0 Å². The second-order valence-corrected chi connectivity index (χ2v) is 15.3. The summed E-state index contributed by atoms with van der Waals surface area (Å²) < 4.78 is 18.0. The minimum atomic E-state index is 0.840. The van der Waals surface area contributed by atoms with Crippen molar-refractivity contribution in [2.24, 2.45) is 0 Å². The number of furan rings is 2. The highest BCUT2D eigenvalue weighted by Gasteiger charge is 2.22. The second-order valence-electron chi connectivity index (χ2n) is 15.3. The van der Waals surface area contributed by atoms with Crippen molar-refractivity contribution in [1.29, 1.82) is 0 Å². The number of nitrogens with zero attached hydrogens (tertiary/aromatic N) is 2. The van der Waals surface area contributed by atoms with Crippen molar-refractivity contribution in [3.8, 4) is 33.6 Å². The SMILES string of the molecule is c1ccc(-n2c3ccccc3c3cc(-c4ccc5c(c4)c4ccccc4n5-c4ccc(-c5c6oc7ccccc7c6cc6c5oc5ccccc56)cc4)ccc32)cc1. The molecule has 0 aliphatic carbocycles. The molecule has 0 atom stereocenters. The summed E-state index contributed by atoms with van der Waals surface area (Å²) in [5.41, 5.74) is 14.8. The molecular weight excluding hydrogens is 709 g/mol. The molecule has 0 bridgehead atoms. The minimum Gasteiger partial charge on any atom is -0.455 e. The molecule has 0 aliphatic heterocycles. The minimum absolute atomic E-state index is 0.840. The number of benzene rings is 9. The Morgan fingerprint density at radius 3 is 1.22 bits per heavy atom. The van der Waals surface area contributed by atoms with Crippen molar-refractivity contribution in [2.45, 2.75) is 0 Å². The second kappa shape index (κ2) is 11.8. The van der Waals surface area contributed by atoms with Crippen LogP contribution in [0.1, 0.15) is 0 Å². The van der Waals surface area contributed by atoms with Crippen LogP contribution in [0.5, 0.6) is 0 Å². The first-order valence-electron chi connectivity index (χ1n) is 19.8. The predicted molar refractivity (Wildman–Crippen MR) is 241 cm³/mol. The average Bonchev–Trinajstić information content (AvgIpc) is 4.03. The average molecular weight is 741 g/mol. The third-order valence-electron chi connectivity index (χ3n) is 12.1. The van der Waals surface area contributed by atoms with E-state index in [-0.39, 0.29) is 0 Å². The largest absolute Gasteiger partial charge is 0.455 e. The fraction of sp³-hybridized carbons (Fsp3) is 0. The molecule has 58 heavy (non-hydrogen) atoms. The molecule has 0 saturated heterocycles. The molecule has 4 aromatic heterocycles. The van der Waals surface area contributed by atoms with Gasteiger partial charge in [-0.15, -0.1) is 0 Å². The Bertz CT molecular complexity index is 3700. The highest BCUT2D eigenvalue weighted by Crippen LogP contribution is 2.45. The summed E-state index contributed by atoms with van der Waals surface area (Å²) >= 11 is 0. The van der Waals surface area contributed by atoms with Crippen molar-refractivity contribution in [2.75, 3.05) is 0 Å². The maximum Gasteiger partial charge on any atom is 0.147 e. The number of hydrogen-bond donors (Lipinski definition) is 0. The van der Waals surface area contributed by atoms with Crippen LogP contribution in [0.25, 0.3) is 121 Å². The van der Waals surface area contributed by atoms with Gasteiger partial charge in [-0.1, -0.05) is 115 Å². The Balaban J connectivity index is 0.964. The molecule has 0 amide bonds. The van der Waals surface area contributed by atoms with E-state index >= 15 is 0 Å². The first-order valence-corrected chi connectivity index (χ1v) is 19.8. The summed E-state index contributed by atoms with van der Waals surface area (Å²) in [6, 6.07) is 69.5. The molecule has 0 aliphatic rings. The van der Waals surface area contributed by atoms with Crippen LogP contribution in [0.4, 0.5) is 0 Å². The molecule has 9 aromatic carbocycles. The monoisotopic (exact) mass is 740 g/mol. The molecule has 4 heteroatoms. The van der Waals surface area contributed by atoms with Crippen LogP contribution < -0.4 is 0 Å². The van der Waals surface area contributed by atoms with E-state index in [0.717, 1.165) is 66.4 Å². The number of fused-ring (bicyclic) bond motifs is 12. The summed E-state index contributed by atoms with van der Waals surface area (Å²) in [5, 5.41) is 9.33. The quantitative estimate of drug-likeness (QED) is 0.180. The van der Waals surface area contributed by atoms with Crippen molar-refractivity contribution in [3.63, 3.8) is 0 Å². The van der Waals surface area contributed by atoms with Gasteiger partial charge in [0.15, 0.2) is 0 Å². The van der Waals surface area contributed by atoms with Gasteiger partial charge in [0.25, 0.3) is 0 Å². The van der Waals surface area contributed by atoms with Gasteiger partial charge in [0, 0.05) is 54.5 Å². The third kappa shape index (κ3) is 4.40. The fourth-order valence-corrected chi connectivity index (χ4v) is 9.51. The number of para-hydroxylation sites is 5. The maximum atomic E-state index is 6.61. The summed E-state index contributed by atoms with van der Waals surface area (Å²) in [6.45, 7) is 0. The number of hydrogen-bond acceptors (Lipinski definition) is 2. The van der Waals surface area contributed by atoms with Gasteiger partial charge >= 0.3 is 0 Å². The number of rotatable bonds is 4. The molecule has 270 valence electrons. The van der Waals surface area contributed by atoms with Gasteiger partial charge in [-0.25, -0.2) is 0 Å². The third-order valence-corrected chi connectivity index (χ3v) is 12.1. The van der Waals surface area contributed by atoms with Crippen LogP contribution >= 0.6 is 0 Å². The zero-order valence-electron chi connectivity index (χ0n) is 31.2. The van der Waals surface area contributed by atoms with Gasteiger partial charge in [-0.3, -0.25) is 0 Å². The van der Waals surface area contributed by atoms with E-state index in [1.807, 2.05) is 24.3 Å². The van der Waals surface area contributed by atoms with Gasteiger partial charge in [-0.2, -0.15) is 0 Å². The zero-order valence-corrected chi connectivity index (χ0v) is 31.2. The topological polar surface area (TPSA) is 36.1 Å². The van der Waals surface area contributed by atoms with Gasteiger partial charge in [0.1, 0.15) is 22.3 Å². The van der Waals surface area contributed by atoms with E-state index in [9.17, 15) is 0 Å². The Morgan fingerprint density at radius 2 is 0.690 bits per heavy atom. The molecule has 13 aromatic rings. The van der Waals surface area contributed by atoms with E-state index in [4.69, 9.17) is 8.83 Å². The van der Waals surface area contributed by atoms with Crippen LogP contribution in [0.2, 0.25) is 0 Å². The lowest BCUT2D eigenvalue weighted by atomic mass is 9.98. The Kier molecular flexibility index (Phi) is 6.41. The zero-order chi connectivity index (χ0) is 37.9. The van der Waals surface area contributed by atoms with Crippen molar-refractivity contribution in [1.82, 2.24) is 9.13 Å². The first-order chi connectivity index (χ1) is 28.8. The lowest BCUT2D eigenvalue weighted by Crippen LogP contribution is -1.94. The summed E-state index contributed by atoms with van der Waals surface area (Å²) in [5.74, 6) is 0. The lowest BCUT2D eigenvalue weighted by molar-refractivity contribution is 0.658. The smallest absolute Gasteiger partial charge is 0.147 e. The maximum absolute atomic E-state index is 6.61. The predicted octanol–water partition coefficient (Wildman–Crippen LogP) is 15.0. The lowest BCUT2D eigenvalue weighted by Gasteiger charge is -2.11. The molecule has 0 radical (unpaired) electrons. The van der Waals surface area contributed by atoms with Crippen LogP contribution in [-0.4, -0.2) is 9.13 Å². The van der Waals surface area contributed by atoms with Crippen LogP contribution in [-0.2, 0) is 0 Å². The van der Waals surface area contributed by atoms with E-state index in [2.05, 4.69) is 179 Å². The molecule has 0 saturated carbocycles. The molecule has 0 unspecified atom stereocenters. The fourth-order valence-electron chi connectivity index (χ4n) is 9.51. The Morgan fingerprint density at radius 1 is 0.276 bits per heavy atom. The Hall–Kier alpha value is -7.82. The van der Waals surface area contributed by atoms with Crippen LogP contribution in [0.15, 0.2) is 203 Å². The standard InChI is InChI=1S/C54H32N2O2/c1-2-12-36(13-3-1)55-46-18-8-4-14-38(46)42-30-34(24-28-48(42)55)35-25-29-49-43(31-35)39-15-5-9-19-47(39)56(49)37-26-22-33(23-27-37)52-53-44(40-16-6-10-20-50(40)57-53)32-45-41-17-7-11-21-51(41)58-54(45)52/h1-32H. The van der Waals surface area contributed by atoms with Crippen molar-refractivity contribution >= 4 is 87.5 Å². The summed E-state index contributed by atoms with van der Waals surface area (Å²) in [6.07, 6.45) is 0. The highest BCUT2D eigenvalue weighted by molar-refractivity contribution is 6.22. The summed E-state index contributed by atoms with van der Waals surface area (Å²) in [7, 11) is 0. The molecular formula is C54H32N2O2. The first kappa shape index (κ1) is 31.4.